The fraction of sp³-hybridized carbons (Fsp3) is 0.200. The van der Waals surface area contributed by atoms with Gasteiger partial charge in [0.25, 0.3) is 0 Å². The van der Waals surface area contributed by atoms with E-state index >= 15 is 0 Å². The lowest BCUT2D eigenvalue weighted by Gasteiger charge is -2.15. The highest BCUT2D eigenvalue weighted by Crippen LogP contribution is 2.38. The zero-order chi connectivity index (χ0) is 17.4. The lowest BCUT2D eigenvalue weighted by atomic mass is 10.0. The average Bonchev–Trinajstić information content (AvgIpc) is 2.42. The fourth-order valence-corrected chi connectivity index (χ4v) is 5.92. The Labute approximate surface area is 186 Å². The lowest BCUT2D eigenvalue weighted by Crippen LogP contribution is -2.18. The van der Waals surface area contributed by atoms with Crippen molar-refractivity contribution in [3.63, 3.8) is 0 Å². The normalized spacial score (nSPS) is 11.7. The number of hydrogen-bond donors (Lipinski definition) is 0. The Hall–Kier alpha value is 0.950. The minimum atomic E-state index is -4.68. The summed E-state index contributed by atoms with van der Waals surface area (Å²) >= 11 is 8.56. The Morgan fingerprint density at radius 2 is 1.52 bits per heavy atom. The van der Waals surface area contributed by atoms with Gasteiger partial charge in [0.15, 0.2) is 0 Å². The molecule has 0 aromatic heterocycles. The number of ether oxygens (including phenoxy) is 1. The highest BCUT2D eigenvalue weighted by molar-refractivity contribution is 14.1. The zero-order valence-corrected chi connectivity index (χ0v) is 20.2. The van der Waals surface area contributed by atoms with Gasteiger partial charge in [-0.05, 0) is 138 Å². The first-order chi connectivity index (χ1) is 10.6. The van der Waals surface area contributed by atoms with Crippen molar-refractivity contribution < 1.29 is 17.9 Å². The zero-order valence-electron chi connectivity index (χ0n) is 11.6. The number of hydrogen-bond acceptors (Lipinski definition) is 1. The summed E-state index contributed by atoms with van der Waals surface area (Å²) in [5, 5.41) is 0. The second-order valence-electron chi connectivity index (χ2n) is 4.56. The summed E-state index contributed by atoms with van der Waals surface area (Å²) in [5.74, 6) is -0.166. The van der Waals surface area contributed by atoms with Gasteiger partial charge in [0.2, 0.25) is 0 Å². The molecule has 8 heteroatoms. The maximum atomic E-state index is 12.4. The van der Waals surface area contributed by atoms with Crippen LogP contribution in [0.2, 0.25) is 0 Å². The van der Waals surface area contributed by atoms with Gasteiger partial charge in [0, 0.05) is 10.7 Å². The number of halogens is 7. The molecule has 0 radical (unpaired) electrons. The van der Waals surface area contributed by atoms with Gasteiger partial charge in [-0.3, -0.25) is 0 Å². The average molecular weight is 770 g/mol. The van der Waals surface area contributed by atoms with Crippen LogP contribution in [0.5, 0.6) is 5.75 Å². The van der Waals surface area contributed by atoms with Gasteiger partial charge >= 0.3 is 6.36 Å². The van der Waals surface area contributed by atoms with Crippen LogP contribution in [-0.4, -0.2) is 6.36 Å². The Morgan fingerprint density at radius 3 is 2.00 bits per heavy atom. The largest absolute Gasteiger partial charge is 0.573 e. The monoisotopic (exact) mass is 770 g/mol. The molecule has 0 unspecified atom stereocenters. The van der Waals surface area contributed by atoms with E-state index in [1.54, 1.807) is 6.07 Å². The maximum Gasteiger partial charge on any atom is 0.573 e. The van der Waals surface area contributed by atoms with Gasteiger partial charge in [-0.1, -0.05) is 6.92 Å². The van der Waals surface area contributed by atoms with E-state index < -0.39 is 6.36 Å². The van der Waals surface area contributed by atoms with Crippen LogP contribution in [0.4, 0.5) is 13.2 Å². The van der Waals surface area contributed by atoms with Crippen molar-refractivity contribution in [3.05, 3.63) is 44.1 Å². The molecule has 0 N–H and O–H groups in total. The van der Waals surface area contributed by atoms with Gasteiger partial charge in [-0.2, -0.15) is 0 Å². The molecular formula is C15H9F3I4O. The molecule has 0 atom stereocenters. The van der Waals surface area contributed by atoms with Crippen LogP contribution in [0.25, 0.3) is 11.1 Å². The Morgan fingerprint density at radius 1 is 0.957 bits per heavy atom. The Balaban J connectivity index is 2.52. The number of rotatable bonds is 3. The van der Waals surface area contributed by atoms with Crippen LogP contribution < -0.4 is 4.74 Å². The molecule has 2 aromatic rings. The predicted molar refractivity (Wildman–Crippen MR) is 119 cm³/mol. The first kappa shape index (κ1) is 20.3. The fourth-order valence-electron chi connectivity index (χ4n) is 2.05. The molecule has 0 amide bonds. The minimum absolute atomic E-state index is 0.166. The van der Waals surface area contributed by atoms with E-state index in [0.29, 0.717) is 3.57 Å². The molecule has 2 rings (SSSR count). The van der Waals surface area contributed by atoms with Gasteiger partial charge in [0.1, 0.15) is 5.75 Å². The second kappa shape index (κ2) is 8.10. The molecule has 23 heavy (non-hydrogen) atoms. The highest BCUT2D eigenvalue weighted by Gasteiger charge is 2.32. The van der Waals surface area contributed by atoms with E-state index in [4.69, 9.17) is 0 Å². The third-order valence-corrected chi connectivity index (χ3v) is 8.23. The molecule has 1 nitrogen and oxygen atoms in total. The topological polar surface area (TPSA) is 9.23 Å². The van der Waals surface area contributed by atoms with Crippen LogP contribution in [0, 0.1) is 14.3 Å². The van der Waals surface area contributed by atoms with Gasteiger partial charge in [0.05, 0.1) is 3.57 Å². The number of benzene rings is 2. The Kier molecular flexibility index (Phi) is 7.14. The van der Waals surface area contributed by atoms with Crippen molar-refractivity contribution in [3.8, 4) is 16.9 Å². The molecular weight excluding hydrogens is 761 g/mol. The van der Waals surface area contributed by atoms with Gasteiger partial charge in [-0.25, -0.2) is 0 Å². The molecule has 124 valence electrons. The Bertz CT molecular complexity index is 721. The van der Waals surface area contributed by atoms with Crippen LogP contribution in [0.1, 0.15) is 12.5 Å². The van der Waals surface area contributed by atoms with E-state index in [1.165, 1.54) is 11.6 Å². The van der Waals surface area contributed by atoms with Crippen molar-refractivity contribution in [1.29, 1.82) is 0 Å². The van der Waals surface area contributed by atoms with Crippen molar-refractivity contribution >= 4 is 90.4 Å². The summed E-state index contributed by atoms with van der Waals surface area (Å²) < 4.78 is 44.9. The lowest BCUT2D eigenvalue weighted by molar-refractivity contribution is -0.275. The SMILES string of the molecule is CCc1c(I)cc(-c2ccc(OC(F)(F)F)c(I)c2I)cc1I. The molecule has 0 aliphatic carbocycles. The van der Waals surface area contributed by atoms with Crippen molar-refractivity contribution in [2.75, 3.05) is 0 Å². The first-order valence-corrected chi connectivity index (χ1v) is 10.7. The molecule has 0 fully saturated rings. The van der Waals surface area contributed by atoms with Crippen LogP contribution >= 0.6 is 90.4 Å². The van der Waals surface area contributed by atoms with E-state index in [-0.39, 0.29) is 5.75 Å². The van der Waals surface area contributed by atoms with Crippen LogP contribution in [0.3, 0.4) is 0 Å². The smallest absolute Gasteiger partial charge is 0.405 e. The van der Waals surface area contributed by atoms with E-state index in [1.807, 2.05) is 22.6 Å². The molecule has 2 aromatic carbocycles. The quantitative estimate of drug-likeness (QED) is 0.300. The maximum absolute atomic E-state index is 12.4. The van der Waals surface area contributed by atoms with Crippen molar-refractivity contribution in [2.24, 2.45) is 0 Å². The predicted octanol–water partition coefficient (Wildman–Crippen LogP) is 7.23. The number of alkyl halides is 3. The third kappa shape index (κ3) is 4.99. The summed E-state index contributed by atoms with van der Waals surface area (Å²) in [6.45, 7) is 2.11. The molecule has 0 saturated heterocycles. The summed E-state index contributed by atoms with van der Waals surface area (Å²) in [4.78, 5) is 0. The van der Waals surface area contributed by atoms with E-state index in [9.17, 15) is 13.2 Å². The standard InChI is InChI=1S/C15H9F3I4O/c1-2-8-10(19)5-7(6-11(8)20)9-3-4-12(14(22)13(9)21)23-15(16,17)18/h3-6H,2H2,1H3. The summed E-state index contributed by atoms with van der Waals surface area (Å²) in [6.07, 6.45) is -3.73. The van der Waals surface area contributed by atoms with Crippen molar-refractivity contribution in [1.82, 2.24) is 0 Å². The van der Waals surface area contributed by atoms with Crippen LogP contribution in [-0.2, 0) is 6.42 Å². The molecule has 0 aliphatic heterocycles. The summed E-state index contributed by atoms with van der Waals surface area (Å²) in [5.41, 5.74) is 3.19. The van der Waals surface area contributed by atoms with E-state index in [0.717, 1.165) is 28.3 Å². The van der Waals surface area contributed by atoms with Gasteiger partial charge < -0.3 is 4.74 Å². The third-order valence-electron chi connectivity index (χ3n) is 3.08. The summed E-state index contributed by atoms with van der Waals surface area (Å²) in [7, 11) is 0. The summed E-state index contributed by atoms with van der Waals surface area (Å²) in [6, 6.07) is 7.19. The first-order valence-electron chi connectivity index (χ1n) is 6.36. The van der Waals surface area contributed by atoms with Gasteiger partial charge in [-0.15, -0.1) is 13.2 Å². The molecule has 0 heterocycles. The molecule has 0 spiro atoms. The minimum Gasteiger partial charge on any atom is -0.405 e. The highest BCUT2D eigenvalue weighted by atomic mass is 127. The van der Waals surface area contributed by atoms with Crippen LogP contribution in [0.15, 0.2) is 24.3 Å². The molecule has 0 saturated carbocycles. The van der Waals surface area contributed by atoms with Crippen molar-refractivity contribution in [2.45, 2.75) is 19.7 Å². The molecule has 0 bridgehead atoms. The van der Waals surface area contributed by atoms with E-state index in [2.05, 4.69) is 91.6 Å². The molecule has 0 aliphatic rings. The second-order valence-corrected chi connectivity index (χ2v) is 9.04.